The molecule has 0 saturated carbocycles. The fourth-order valence-electron chi connectivity index (χ4n) is 4.57. The van der Waals surface area contributed by atoms with E-state index in [0.717, 1.165) is 9.87 Å². The van der Waals surface area contributed by atoms with E-state index in [9.17, 15) is 23.1 Å². The summed E-state index contributed by atoms with van der Waals surface area (Å²) in [7, 11) is -2.64. The van der Waals surface area contributed by atoms with Gasteiger partial charge in [0.15, 0.2) is 0 Å². The lowest BCUT2D eigenvalue weighted by Crippen LogP contribution is -2.53. The standard InChI is InChI=1S/C23H26N2O7S/c1-31-18-7-9-19(10-8-18)33(29,30)25-20(22(26)27)13-17-11-12-24(14-21(17)25)23(28)32-15-16-5-3-2-4-6-16/h2-10,17,20-21H,11-15H2,1H3,(H,26,27)/t17-,20-,21-/m0/s1. The summed E-state index contributed by atoms with van der Waals surface area (Å²) in [5.74, 6) is -0.856. The Morgan fingerprint density at radius 1 is 1.09 bits per heavy atom. The van der Waals surface area contributed by atoms with E-state index in [0.29, 0.717) is 18.7 Å². The normalized spacial score (nSPS) is 23.1. The van der Waals surface area contributed by atoms with Gasteiger partial charge in [0.1, 0.15) is 18.4 Å². The van der Waals surface area contributed by atoms with Gasteiger partial charge < -0.3 is 19.5 Å². The SMILES string of the molecule is COc1ccc(S(=O)(=O)N2[C@H](C(=O)O)C[C@@H]3CCN(C(=O)OCc4ccccc4)C[C@@H]32)cc1. The summed E-state index contributed by atoms with van der Waals surface area (Å²) in [6, 6.07) is 13.3. The molecule has 1 N–H and O–H groups in total. The largest absolute Gasteiger partial charge is 0.497 e. The zero-order chi connectivity index (χ0) is 23.6. The van der Waals surface area contributed by atoms with E-state index < -0.39 is 34.2 Å². The highest BCUT2D eigenvalue weighted by atomic mass is 32.2. The van der Waals surface area contributed by atoms with Crippen LogP contribution in [0.15, 0.2) is 59.5 Å². The molecule has 9 nitrogen and oxygen atoms in total. The Balaban J connectivity index is 1.54. The molecule has 33 heavy (non-hydrogen) atoms. The maximum Gasteiger partial charge on any atom is 0.410 e. The first-order chi connectivity index (χ1) is 15.8. The zero-order valence-corrected chi connectivity index (χ0v) is 19.0. The topological polar surface area (TPSA) is 113 Å². The molecule has 2 aliphatic rings. The number of carbonyl (C=O) groups excluding carboxylic acids is 1. The van der Waals surface area contributed by atoms with Crippen LogP contribution >= 0.6 is 0 Å². The van der Waals surface area contributed by atoms with E-state index in [1.54, 1.807) is 0 Å². The van der Waals surface area contributed by atoms with Gasteiger partial charge in [-0.1, -0.05) is 30.3 Å². The van der Waals surface area contributed by atoms with Crippen LogP contribution in [0.4, 0.5) is 4.79 Å². The highest BCUT2D eigenvalue weighted by Crippen LogP contribution is 2.40. The van der Waals surface area contributed by atoms with Crippen LogP contribution in [0.5, 0.6) is 5.75 Å². The van der Waals surface area contributed by atoms with Gasteiger partial charge in [-0.2, -0.15) is 4.31 Å². The monoisotopic (exact) mass is 474 g/mol. The van der Waals surface area contributed by atoms with Crippen molar-refractivity contribution in [3.8, 4) is 5.75 Å². The van der Waals surface area contributed by atoms with Crippen LogP contribution in [-0.2, 0) is 26.2 Å². The Morgan fingerprint density at radius 2 is 1.79 bits per heavy atom. The van der Waals surface area contributed by atoms with Crippen molar-refractivity contribution in [2.75, 3.05) is 20.2 Å². The number of fused-ring (bicyclic) bond motifs is 1. The average Bonchev–Trinajstić information content (AvgIpc) is 3.23. The van der Waals surface area contributed by atoms with Gasteiger partial charge in [0.25, 0.3) is 0 Å². The average molecular weight is 475 g/mol. The number of rotatable bonds is 6. The summed E-state index contributed by atoms with van der Waals surface area (Å²) in [5, 5.41) is 9.78. The smallest absolute Gasteiger partial charge is 0.410 e. The Morgan fingerprint density at radius 3 is 2.42 bits per heavy atom. The molecule has 2 aromatic carbocycles. The third-order valence-corrected chi connectivity index (χ3v) is 8.21. The van der Waals surface area contributed by atoms with Crippen LogP contribution in [0.3, 0.4) is 0 Å². The van der Waals surface area contributed by atoms with Gasteiger partial charge in [0.2, 0.25) is 10.0 Å². The molecule has 0 bridgehead atoms. The number of hydrogen-bond donors (Lipinski definition) is 1. The van der Waals surface area contributed by atoms with Crippen LogP contribution in [0.1, 0.15) is 18.4 Å². The predicted octanol–water partition coefficient (Wildman–Crippen LogP) is 2.57. The minimum absolute atomic E-state index is 0.0148. The maximum absolute atomic E-state index is 13.5. The van der Waals surface area contributed by atoms with Crippen molar-refractivity contribution in [1.82, 2.24) is 9.21 Å². The molecule has 0 aromatic heterocycles. The van der Waals surface area contributed by atoms with Crippen molar-refractivity contribution in [3.05, 3.63) is 60.2 Å². The van der Waals surface area contributed by atoms with E-state index >= 15 is 0 Å². The van der Waals surface area contributed by atoms with Crippen LogP contribution in [0.25, 0.3) is 0 Å². The molecule has 2 aliphatic heterocycles. The number of nitrogens with zero attached hydrogens (tertiary/aromatic N) is 2. The molecule has 0 spiro atoms. The molecular weight excluding hydrogens is 448 g/mol. The summed E-state index contributed by atoms with van der Waals surface area (Å²) in [5.41, 5.74) is 0.844. The Labute approximate surface area is 192 Å². The lowest BCUT2D eigenvalue weighted by Gasteiger charge is -2.37. The van der Waals surface area contributed by atoms with Gasteiger partial charge in [-0.15, -0.1) is 0 Å². The van der Waals surface area contributed by atoms with Crippen LogP contribution in [0.2, 0.25) is 0 Å². The number of piperidine rings is 1. The molecule has 1 amide bonds. The summed E-state index contributed by atoms with van der Waals surface area (Å²) in [4.78, 5) is 26.1. The number of sulfonamides is 1. The summed E-state index contributed by atoms with van der Waals surface area (Å²) in [6.07, 6.45) is 0.170. The molecule has 4 rings (SSSR count). The molecule has 0 unspecified atom stereocenters. The number of carbonyl (C=O) groups is 2. The predicted molar refractivity (Wildman–Crippen MR) is 118 cm³/mol. The number of ether oxygens (including phenoxy) is 2. The first-order valence-corrected chi connectivity index (χ1v) is 12.1. The van der Waals surface area contributed by atoms with E-state index in [4.69, 9.17) is 9.47 Å². The van der Waals surface area contributed by atoms with Crippen molar-refractivity contribution in [3.63, 3.8) is 0 Å². The number of carboxylic acid groups (broad SMARTS) is 1. The third-order valence-electron chi connectivity index (χ3n) is 6.26. The Kier molecular flexibility index (Phi) is 6.57. The molecule has 2 saturated heterocycles. The van der Waals surface area contributed by atoms with Gasteiger partial charge in [-0.3, -0.25) is 4.79 Å². The van der Waals surface area contributed by atoms with Gasteiger partial charge in [-0.05, 0) is 48.6 Å². The number of methoxy groups -OCH3 is 1. The lowest BCUT2D eigenvalue weighted by molar-refractivity contribution is -0.141. The Hall–Kier alpha value is -3.11. The summed E-state index contributed by atoms with van der Waals surface area (Å²) < 4.78 is 38.5. The minimum atomic E-state index is -4.11. The van der Waals surface area contributed by atoms with E-state index in [-0.39, 0.29) is 30.4 Å². The highest BCUT2D eigenvalue weighted by Gasteiger charge is 2.53. The van der Waals surface area contributed by atoms with E-state index in [1.165, 1.54) is 36.3 Å². The number of likely N-dealkylation sites (tertiary alicyclic amines) is 1. The molecule has 3 atom stereocenters. The van der Waals surface area contributed by atoms with E-state index in [2.05, 4.69) is 0 Å². The second kappa shape index (κ2) is 9.40. The molecule has 2 aromatic rings. The van der Waals surface area contributed by atoms with Crippen molar-refractivity contribution in [2.45, 2.75) is 36.4 Å². The third kappa shape index (κ3) is 4.67. The number of amides is 1. The highest BCUT2D eigenvalue weighted by molar-refractivity contribution is 7.89. The van der Waals surface area contributed by atoms with Crippen LogP contribution < -0.4 is 4.74 Å². The van der Waals surface area contributed by atoms with Gasteiger partial charge >= 0.3 is 12.1 Å². The number of hydrogen-bond acceptors (Lipinski definition) is 6. The Bertz CT molecular complexity index is 1110. The summed E-state index contributed by atoms with van der Waals surface area (Å²) >= 11 is 0. The minimum Gasteiger partial charge on any atom is -0.497 e. The van der Waals surface area contributed by atoms with Crippen LogP contribution in [0, 0.1) is 5.92 Å². The second-order valence-corrected chi connectivity index (χ2v) is 10.0. The summed E-state index contributed by atoms with van der Waals surface area (Å²) in [6.45, 7) is 0.574. The van der Waals surface area contributed by atoms with Crippen molar-refractivity contribution < 1.29 is 32.6 Å². The van der Waals surface area contributed by atoms with Gasteiger partial charge in [0, 0.05) is 19.1 Å². The van der Waals surface area contributed by atoms with Crippen molar-refractivity contribution >= 4 is 22.1 Å². The van der Waals surface area contributed by atoms with Crippen molar-refractivity contribution in [2.24, 2.45) is 5.92 Å². The first-order valence-electron chi connectivity index (χ1n) is 10.7. The van der Waals surface area contributed by atoms with Crippen molar-refractivity contribution in [1.29, 1.82) is 0 Å². The fourth-order valence-corrected chi connectivity index (χ4v) is 6.40. The first kappa shape index (κ1) is 23.1. The number of benzene rings is 2. The molecule has 2 fully saturated rings. The molecule has 0 radical (unpaired) electrons. The second-order valence-electron chi connectivity index (χ2n) is 8.20. The molecule has 2 heterocycles. The number of carboxylic acids is 1. The number of aliphatic carboxylic acids is 1. The quantitative estimate of drug-likeness (QED) is 0.685. The zero-order valence-electron chi connectivity index (χ0n) is 18.2. The maximum atomic E-state index is 13.5. The lowest BCUT2D eigenvalue weighted by atomic mass is 9.92. The molecule has 0 aliphatic carbocycles. The fraction of sp³-hybridized carbons (Fsp3) is 0.391. The van der Waals surface area contributed by atoms with Gasteiger partial charge in [-0.25, -0.2) is 13.2 Å². The molecule has 10 heteroatoms. The van der Waals surface area contributed by atoms with Crippen LogP contribution in [-0.4, -0.2) is 67.1 Å². The van der Waals surface area contributed by atoms with E-state index in [1.807, 2.05) is 30.3 Å². The molecule has 176 valence electrons. The van der Waals surface area contributed by atoms with Gasteiger partial charge in [0.05, 0.1) is 12.0 Å². The molecular formula is C23H26N2O7S.